The number of methoxy groups -OCH3 is 3. The minimum atomic E-state index is -4.31. The van der Waals surface area contributed by atoms with Crippen LogP contribution >= 0.6 is 0 Å². The Hall–Kier alpha value is -4.25. The van der Waals surface area contributed by atoms with Crippen LogP contribution in [0.3, 0.4) is 0 Å². The van der Waals surface area contributed by atoms with Gasteiger partial charge in [0.05, 0.1) is 31.9 Å². The van der Waals surface area contributed by atoms with Crippen LogP contribution in [0.25, 0.3) is 0 Å². The molecule has 3 aromatic carbocycles. The van der Waals surface area contributed by atoms with Crippen molar-refractivity contribution in [3.8, 4) is 17.2 Å². The number of amides is 2. The van der Waals surface area contributed by atoms with Crippen molar-refractivity contribution in [3.63, 3.8) is 0 Å². The fourth-order valence-electron chi connectivity index (χ4n) is 5.07. The number of carbonyl (C=O) groups excluding carboxylic acids is 2. The maximum absolute atomic E-state index is 14.4. The van der Waals surface area contributed by atoms with Gasteiger partial charge in [0.1, 0.15) is 18.3 Å². The van der Waals surface area contributed by atoms with Gasteiger partial charge in [-0.3, -0.25) is 13.9 Å². The monoisotopic (exact) mass is 639 g/mol. The van der Waals surface area contributed by atoms with E-state index in [-0.39, 0.29) is 23.1 Å². The van der Waals surface area contributed by atoms with E-state index in [1.165, 1.54) is 37.3 Å². The molecule has 0 aliphatic carbocycles. The third-order valence-electron chi connectivity index (χ3n) is 7.09. The SMILES string of the molecule is CC[C@H](C(=O)NC(C)(C)C)N(Cc1cccc(OC)c1)C(=O)CN(c1cc(C)cc(C)c1)S(=O)(=O)c1ccc(OC)c(OC)c1. The summed E-state index contributed by atoms with van der Waals surface area (Å²) < 4.78 is 45.8. The highest BCUT2D eigenvalue weighted by atomic mass is 32.2. The maximum Gasteiger partial charge on any atom is 0.264 e. The summed E-state index contributed by atoms with van der Waals surface area (Å²) in [6.45, 7) is 10.6. The number of hydrogen-bond acceptors (Lipinski definition) is 7. The predicted molar refractivity (Wildman–Crippen MR) is 176 cm³/mol. The van der Waals surface area contributed by atoms with Crippen LogP contribution in [-0.4, -0.2) is 64.6 Å². The number of nitrogens with one attached hydrogen (secondary N) is 1. The van der Waals surface area contributed by atoms with Crippen LogP contribution in [0.15, 0.2) is 65.6 Å². The summed E-state index contributed by atoms with van der Waals surface area (Å²) >= 11 is 0. The molecular weight excluding hydrogens is 594 g/mol. The highest BCUT2D eigenvalue weighted by molar-refractivity contribution is 7.92. The summed E-state index contributed by atoms with van der Waals surface area (Å²) in [6, 6.07) is 16.0. The third-order valence-corrected chi connectivity index (χ3v) is 8.86. The summed E-state index contributed by atoms with van der Waals surface area (Å²) in [5.41, 5.74) is 2.16. The Morgan fingerprint density at radius 2 is 1.51 bits per heavy atom. The molecule has 3 aromatic rings. The Morgan fingerprint density at radius 3 is 2.07 bits per heavy atom. The molecular formula is C34H45N3O7S. The zero-order valence-corrected chi connectivity index (χ0v) is 28.4. The molecule has 0 aliphatic heterocycles. The molecule has 1 N–H and O–H groups in total. The van der Waals surface area contributed by atoms with Crippen molar-refractivity contribution >= 4 is 27.5 Å². The van der Waals surface area contributed by atoms with Crippen molar-refractivity contribution < 1.29 is 32.2 Å². The molecule has 0 bridgehead atoms. The zero-order valence-electron chi connectivity index (χ0n) is 27.6. The second-order valence-electron chi connectivity index (χ2n) is 11.9. The molecule has 0 fully saturated rings. The average Bonchev–Trinajstić information content (AvgIpc) is 2.97. The molecule has 1 atom stereocenters. The molecule has 0 aromatic heterocycles. The number of nitrogens with zero attached hydrogens (tertiary/aromatic N) is 2. The van der Waals surface area contributed by atoms with E-state index in [0.29, 0.717) is 23.6 Å². The summed E-state index contributed by atoms with van der Waals surface area (Å²) in [4.78, 5) is 29.3. The number of ether oxygens (including phenoxy) is 3. The fraction of sp³-hybridized carbons (Fsp3) is 0.412. The largest absolute Gasteiger partial charge is 0.497 e. The highest BCUT2D eigenvalue weighted by Gasteiger charge is 2.35. The number of anilines is 1. The quantitative estimate of drug-likeness (QED) is 0.272. The number of carbonyl (C=O) groups is 2. The molecule has 244 valence electrons. The fourth-order valence-corrected chi connectivity index (χ4v) is 6.48. The first-order valence-electron chi connectivity index (χ1n) is 14.7. The summed E-state index contributed by atoms with van der Waals surface area (Å²) in [6.07, 6.45) is 0.309. The molecule has 0 spiro atoms. The second-order valence-corrected chi connectivity index (χ2v) is 13.8. The lowest BCUT2D eigenvalue weighted by molar-refractivity contribution is -0.141. The van der Waals surface area contributed by atoms with Gasteiger partial charge in [-0.25, -0.2) is 8.42 Å². The number of benzene rings is 3. The third kappa shape index (κ3) is 8.91. The molecule has 0 aliphatic rings. The molecule has 3 rings (SSSR count). The summed E-state index contributed by atoms with van der Waals surface area (Å²) in [5.74, 6) is 0.319. The first-order valence-corrected chi connectivity index (χ1v) is 16.1. The van der Waals surface area contributed by atoms with Gasteiger partial charge in [-0.15, -0.1) is 0 Å². The van der Waals surface area contributed by atoms with E-state index >= 15 is 0 Å². The second kappa shape index (κ2) is 14.7. The highest BCUT2D eigenvalue weighted by Crippen LogP contribution is 2.33. The molecule has 0 saturated heterocycles. The number of aryl methyl sites for hydroxylation is 2. The van der Waals surface area contributed by atoms with Crippen LogP contribution in [0, 0.1) is 13.8 Å². The van der Waals surface area contributed by atoms with Gasteiger partial charge < -0.3 is 24.4 Å². The van der Waals surface area contributed by atoms with Gasteiger partial charge in [0.2, 0.25) is 11.8 Å². The standard InChI is InChI=1S/C34H45N3O7S/c1-10-29(33(39)35-34(4,5)6)36(21-25-12-11-13-27(19-25)42-7)32(38)22-37(26-17-23(2)16-24(3)18-26)45(40,41)28-14-15-30(43-8)31(20-28)44-9/h11-20,29H,10,21-22H2,1-9H3,(H,35,39)/t29-/m1/s1. The normalized spacial score (nSPS) is 12.2. The first-order chi connectivity index (χ1) is 21.1. The van der Waals surface area contributed by atoms with Crippen LogP contribution in [0.4, 0.5) is 5.69 Å². The van der Waals surface area contributed by atoms with Crippen molar-refractivity contribution in [1.29, 1.82) is 0 Å². The molecule has 10 nitrogen and oxygen atoms in total. The Labute approximate surface area is 267 Å². The van der Waals surface area contributed by atoms with Crippen molar-refractivity contribution in [2.24, 2.45) is 0 Å². The van der Waals surface area contributed by atoms with Crippen LogP contribution in [-0.2, 0) is 26.2 Å². The summed E-state index contributed by atoms with van der Waals surface area (Å²) in [7, 11) is 0.123. The lowest BCUT2D eigenvalue weighted by Crippen LogP contribution is -2.55. The molecule has 0 radical (unpaired) electrons. The number of hydrogen-bond donors (Lipinski definition) is 1. The molecule has 0 unspecified atom stereocenters. The van der Waals surface area contributed by atoms with Crippen molar-refractivity contribution in [1.82, 2.24) is 10.2 Å². The minimum Gasteiger partial charge on any atom is -0.497 e. The van der Waals surface area contributed by atoms with E-state index in [1.807, 2.05) is 53.7 Å². The van der Waals surface area contributed by atoms with Crippen molar-refractivity contribution in [3.05, 3.63) is 77.4 Å². The van der Waals surface area contributed by atoms with E-state index in [4.69, 9.17) is 14.2 Å². The van der Waals surface area contributed by atoms with E-state index < -0.39 is 34.1 Å². The Balaban J connectivity index is 2.16. The van der Waals surface area contributed by atoms with Gasteiger partial charge in [-0.1, -0.05) is 25.1 Å². The smallest absolute Gasteiger partial charge is 0.264 e. The molecule has 0 saturated carbocycles. The topological polar surface area (TPSA) is 114 Å². The Kier molecular flexibility index (Phi) is 11.5. The molecule has 0 heterocycles. The van der Waals surface area contributed by atoms with E-state index in [9.17, 15) is 18.0 Å². The van der Waals surface area contributed by atoms with E-state index in [1.54, 1.807) is 37.4 Å². The molecule has 11 heteroatoms. The maximum atomic E-state index is 14.4. The lowest BCUT2D eigenvalue weighted by Gasteiger charge is -2.35. The van der Waals surface area contributed by atoms with Gasteiger partial charge in [-0.2, -0.15) is 0 Å². The van der Waals surface area contributed by atoms with Crippen LogP contribution in [0.2, 0.25) is 0 Å². The van der Waals surface area contributed by atoms with E-state index in [2.05, 4.69) is 5.32 Å². The zero-order chi connectivity index (χ0) is 33.5. The molecule has 45 heavy (non-hydrogen) atoms. The van der Waals surface area contributed by atoms with Gasteiger partial charge in [0, 0.05) is 18.2 Å². The lowest BCUT2D eigenvalue weighted by atomic mass is 10.1. The minimum absolute atomic E-state index is 0.0587. The van der Waals surface area contributed by atoms with Crippen molar-refractivity contribution in [2.45, 2.75) is 71.0 Å². The Morgan fingerprint density at radius 1 is 0.867 bits per heavy atom. The van der Waals surface area contributed by atoms with Crippen LogP contribution < -0.4 is 23.8 Å². The van der Waals surface area contributed by atoms with Gasteiger partial charge in [0.15, 0.2) is 11.5 Å². The van der Waals surface area contributed by atoms with Gasteiger partial charge in [0.25, 0.3) is 10.0 Å². The van der Waals surface area contributed by atoms with Crippen LogP contribution in [0.5, 0.6) is 17.2 Å². The predicted octanol–water partition coefficient (Wildman–Crippen LogP) is 5.25. The van der Waals surface area contributed by atoms with Gasteiger partial charge >= 0.3 is 0 Å². The van der Waals surface area contributed by atoms with Crippen LogP contribution in [0.1, 0.15) is 50.8 Å². The number of sulfonamides is 1. The van der Waals surface area contributed by atoms with Crippen molar-refractivity contribution in [2.75, 3.05) is 32.2 Å². The average molecular weight is 640 g/mol. The van der Waals surface area contributed by atoms with E-state index in [0.717, 1.165) is 21.0 Å². The number of rotatable bonds is 13. The Bertz CT molecular complexity index is 1600. The molecule has 2 amide bonds. The van der Waals surface area contributed by atoms with Gasteiger partial charge in [-0.05, 0) is 94.1 Å². The first kappa shape index (κ1) is 35.2. The summed E-state index contributed by atoms with van der Waals surface area (Å²) in [5, 5.41) is 2.98.